The van der Waals surface area contributed by atoms with Crippen molar-refractivity contribution < 1.29 is 23.0 Å². The summed E-state index contributed by atoms with van der Waals surface area (Å²) in [6, 6.07) is 1.39. The van der Waals surface area contributed by atoms with Crippen molar-refractivity contribution in [1.29, 1.82) is 0 Å². The highest BCUT2D eigenvalue weighted by Gasteiger charge is 2.25. The van der Waals surface area contributed by atoms with Crippen LogP contribution in [-0.2, 0) is 4.74 Å². The van der Waals surface area contributed by atoms with Gasteiger partial charge >= 0.3 is 5.97 Å². The second kappa shape index (κ2) is 5.37. The Kier molecular flexibility index (Phi) is 4.39. The largest absolute Gasteiger partial charge is 0.481 e. The summed E-state index contributed by atoms with van der Waals surface area (Å²) in [5.41, 5.74) is -0.852. The van der Waals surface area contributed by atoms with Gasteiger partial charge in [0.2, 0.25) is 5.88 Å². The van der Waals surface area contributed by atoms with E-state index in [1.54, 1.807) is 22.6 Å². The molecule has 16 heavy (non-hydrogen) atoms. The lowest BCUT2D eigenvalue weighted by Gasteiger charge is -2.10. The van der Waals surface area contributed by atoms with Crippen LogP contribution in [0.4, 0.5) is 8.78 Å². The van der Waals surface area contributed by atoms with Crippen molar-refractivity contribution >= 4 is 28.6 Å². The molecule has 0 radical (unpaired) electrons. The standard InChI is InChI=1S/C9H8F2INO3/c1-15-5-3-4(12)6(9(14)16-2)7(13-5)8(10)11/h3,8H,1-2H3. The van der Waals surface area contributed by atoms with Crippen molar-refractivity contribution in [3.8, 4) is 5.88 Å². The Balaban J connectivity index is 3.39. The quantitative estimate of drug-likeness (QED) is 0.625. The van der Waals surface area contributed by atoms with E-state index in [1.165, 1.54) is 13.2 Å². The van der Waals surface area contributed by atoms with Crippen LogP contribution in [0, 0.1) is 3.57 Å². The van der Waals surface area contributed by atoms with E-state index in [0.29, 0.717) is 3.57 Å². The van der Waals surface area contributed by atoms with Gasteiger partial charge in [-0.2, -0.15) is 0 Å². The van der Waals surface area contributed by atoms with Crippen molar-refractivity contribution in [3.63, 3.8) is 0 Å². The SMILES string of the molecule is COC(=O)c1c(I)cc(OC)nc1C(F)F. The third kappa shape index (κ3) is 2.57. The van der Waals surface area contributed by atoms with E-state index < -0.39 is 18.1 Å². The number of halogens is 3. The Labute approximate surface area is 104 Å². The van der Waals surface area contributed by atoms with Gasteiger partial charge in [-0.3, -0.25) is 0 Å². The molecule has 0 fully saturated rings. The number of hydrogen-bond acceptors (Lipinski definition) is 4. The van der Waals surface area contributed by atoms with Crippen LogP contribution in [0.5, 0.6) is 5.88 Å². The summed E-state index contributed by atoms with van der Waals surface area (Å²) in [7, 11) is 2.43. The number of nitrogens with zero attached hydrogens (tertiary/aromatic N) is 1. The molecule has 0 bridgehead atoms. The molecule has 0 aliphatic rings. The Morgan fingerprint density at radius 2 is 2.12 bits per heavy atom. The molecule has 0 unspecified atom stereocenters. The zero-order valence-electron chi connectivity index (χ0n) is 8.46. The fraction of sp³-hybridized carbons (Fsp3) is 0.333. The van der Waals surface area contributed by atoms with Crippen LogP contribution in [0.2, 0.25) is 0 Å². The molecule has 88 valence electrons. The Morgan fingerprint density at radius 1 is 1.50 bits per heavy atom. The van der Waals surface area contributed by atoms with Gasteiger partial charge in [0.15, 0.2) is 0 Å². The van der Waals surface area contributed by atoms with Gasteiger partial charge in [-0.15, -0.1) is 0 Å². The van der Waals surface area contributed by atoms with Gasteiger partial charge in [-0.1, -0.05) is 0 Å². The first kappa shape index (κ1) is 13.1. The van der Waals surface area contributed by atoms with E-state index in [4.69, 9.17) is 4.74 Å². The maximum Gasteiger partial charge on any atom is 0.341 e. The number of hydrogen-bond donors (Lipinski definition) is 0. The first-order valence-corrected chi connectivity index (χ1v) is 5.20. The van der Waals surface area contributed by atoms with E-state index in [2.05, 4.69) is 9.72 Å². The van der Waals surface area contributed by atoms with Crippen LogP contribution in [0.3, 0.4) is 0 Å². The molecule has 1 heterocycles. The predicted octanol–water partition coefficient (Wildman–Crippen LogP) is 2.42. The second-order valence-electron chi connectivity index (χ2n) is 2.70. The molecule has 1 aromatic heterocycles. The number of ether oxygens (including phenoxy) is 2. The third-order valence-corrected chi connectivity index (χ3v) is 2.63. The molecular formula is C9H8F2INO3. The van der Waals surface area contributed by atoms with E-state index >= 15 is 0 Å². The van der Waals surface area contributed by atoms with Gasteiger partial charge in [-0.25, -0.2) is 18.6 Å². The number of aromatic nitrogens is 1. The van der Waals surface area contributed by atoms with Gasteiger partial charge in [0.1, 0.15) is 11.3 Å². The molecule has 1 rings (SSSR count). The summed E-state index contributed by atoms with van der Waals surface area (Å²) in [5.74, 6) is -0.804. The lowest BCUT2D eigenvalue weighted by atomic mass is 10.2. The van der Waals surface area contributed by atoms with Gasteiger partial charge in [0.25, 0.3) is 6.43 Å². The topological polar surface area (TPSA) is 48.4 Å². The Hall–Kier alpha value is -0.990. The van der Waals surface area contributed by atoms with Crippen LogP contribution >= 0.6 is 22.6 Å². The number of pyridine rings is 1. The van der Waals surface area contributed by atoms with Crippen molar-refractivity contribution in [2.75, 3.05) is 14.2 Å². The van der Waals surface area contributed by atoms with E-state index in [0.717, 1.165) is 7.11 Å². The minimum absolute atomic E-state index is 0.0346. The zero-order valence-corrected chi connectivity index (χ0v) is 10.6. The van der Waals surface area contributed by atoms with Gasteiger partial charge < -0.3 is 9.47 Å². The van der Waals surface area contributed by atoms with Crippen LogP contribution in [-0.4, -0.2) is 25.2 Å². The minimum atomic E-state index is -2.86. The highest BCUT2D eigenvalue weighted by Crippen LogP contribution is 2.28. The van der Waals surface area contributed by atoms with E-state index in [1.807, 2.05) is 0 Å². The molecule has 0 saturated carbocycles. The molecule has 0 N–H and O–H groups in total. The van der Waals surface area contributed by atoms with Crippen molar-refractivity contribution in [3.05, 3.63) is 20.9 Å². The molecule has 7 heteroatoms. The van der Waals surface area contributed by atoms with E-state index in [-0.39, 0.29) is 11.4 Å². The molecule has 0 spiro atoms. The smallest absolute Gasteiger partial charge is 0.341 e. The highest BCUT2D eigenvalue weighted by molar-refractivity contribution is 14.1. The molecule has 0 aliphatic carbocycles. The molecule has 0 aliphatic heterocycles. The first-order chi connectivity index (χ1) is 7.51. The van der Waals surface area contributed by atoms with Gasteiger partial charge in [0, 0.05) is 9.64 Å². The number of alkyl halides is 2. The van der Waals surface area contributed by atoms with Crippen molar-refractivity contribution in [2.45, 2.75) is 6.43 Å². The summed E-state index contributed by atoms with van der Waals surface area (Å²) in [6.45, 7) is 0. The summed E-state index contributed by atoms with van der Waals surface area (Å²) in [4.78, 5) is 14.9. The summed E-state index contributed by atoms with van der Waals surface area (Å²) in [5, 5.41) is 0. The van der Waals surface area contributed by atoms with Crippen molar-refractivity contribution in [1.82, 2.24) is 4.98 Å². The molecule has 0 aromatic carbocycles. The third-order valence-electron chi connectivity index (χ3n) is 1.78. The van der Waals surface area contributed by atoms with Gasteiger partial charge in [0.05, 0.1) is 14.2 Å². The number of carbonyl (C=O) groups is 1. The lowest BCUT2D eigenvalue weighted by molar-refractivity contribution is 0.0585. The predicted molar refractivity (Wildman–Crippen MR) is 59.8 cm³/mol. The monoisotopic (exact) mass is 343 g/mol. The summed E-state index contributed by atoms with van der Waals surface area (Å²) < 4.78 is 34.9. The molecule has 1 aromatic rings. The molecule has 0 amide bonds. The van der Waals surface area contributed by atoms with Crippen molar-refractivity contribution in [2.24, 2.45) is 0 Å². The van der Waals surface area contributed by atoms with Crippen LogP contribution in [0.1, 0.15) is 22.5 Å². The normalized spacial score (nSPS) is 10.4. The average Bonchev–Trinajstić information content (AvgIpc) is 2.26. The van der Waals surface area contributed by atoms with Crippen LogP contribution in [0.15, 0.2) is 6.07 Å². The second-order valence-corrected chi connectivity index (χ2v) is 3.86. The number of rotatable bonds is 3. The Morgan fingerprint density at radius 3 is 2.56 bits per heavy atom. The maximum absolute atomic E-state index is 12.7. The Bertz CT molecular complexity index is 412. The fourth-order valence-corrected chi connectivity index (χ4v) is 1.84. The fourth-order valence-electron chi connectivity index (χ4n) is 1.08. The summed E-state index contributed by atoms with van der Waals surface area (Å²) >= 11 is 1.75. The zero-order chi connectivity index (χ0) is 12.3. The molecule has 4 nitrogen and oxygen atoms in total. The summed E-state index contributed by atoms with van der Waals surface area (Å²) in [6.07, 6.45) is -2.86. The highest BCUT2D eigenvalue weighted by atomic mass is 127. The molecule has 0 atom stereocenters. The number of carbonyl (C=O) groups excluding carboxylic acids is 1. The lowest BCUT2D eigenvalue weighted by Crippen LogP contribution is -2.11. The van der Waals surface area contributed by atoms with Crippen LogP contribution < -0.4 is 4.74 Å². The number of esters is 1. The maximum atomic E-state index is 12.7. The van der Waals surface area contributed by atoms with Crippen LogP contribution in [0.25, 0.3) is 0 Å². The van der Waals surface area contributed by atoms with E-state index in [9.17, 15) is 13.6 Å². The first-order valence-electron chi connectivity index (χ1n) is 4.12. The minimum Gasteiger partial charge on any atom is -0.481 e. The molecule has 0 saturated heterocycles. The molecular weight excluding hydrogens is 335 g/mol. The van der Waals surface area contributed by atoms with Gasteiger partial charge in [-0.05, 0) is 22.6 Å². The number of methoxy groups -OCH3 is 2. The average molecular weight is 343 g/mol.